The number of hydrogen-bond acceptors (Lipinski definition) is 3. The van der Waals surface area contributed by atoms with E-state index in [9.17, 15) is 19.4 Å². The van der Waals surface area contributed by atoms with Crippen LogP contribution in [0.2, 0.25) is 0 Å². The molecule has 1 aromatic carbocycles. The normalized spacial score (nSPS) is 24.1. The molecular formula is C16H22FNO3. The van der Waals surface area contributed by atoms with Gasteiger partial charge in [-0.2, -0.15) is 0 Å². The molecule has 1 saturated heterocycles. The van der Waals surface area contributed by atoms with Crippen LogP contribution < -0.4 is 0 Å². The standard InChI is InChI=1S/C16H22FNO3/c1-3-6-16(15(20)21)7-8-18(10-16)11(2)13-5-4-12(19)9-14(13)17/h4-5,9,11,19H,3,6-8,10H2,1-2H3,(H,20,21). The van der Waals surface area contributed by atoms with Gasteiger partial charge in [0.1, 0.15) is 11.6 Å². The minimum atomic E-state index is -0.759. The van der Waals surface area contributed by atoms with Crippen LogP contribution in [-0.4, -0.2) is 34.2 Å². The molecule has 116 valence electrons. The molecule has 0 bridgehead atoms. The number of carboxylic acids is 1. The number of hydrogen-bond donors (Lipinski definition) is 2. The van der Waals surface area contributed by atoms with Crippen LogP contribution >= 0.6 is 0 Å². The van der Waals surface area contributed by atoms with Crippen LogP contribution in [0.15, 0.2) is 18.2 Å². The lowest BCUT2D eigenvalue weighted by atomic mass is 9.82. The fraction of sp³-hybridized carbons (Fsp3) is 0.562. The van der Waals surface area contributed by atoms with Crippen molar-refractivity contribution < 1.29 is 19.4 Å². The number of benzene rings is 1. The van der Waals surface area contributed by atoms with Crippen molar-refractivity contribution in [3.63, 3.8) is 0 Å². The van der Waals surface area contributed by atoms with Gasteiger partial charge in [0.2, 0.25) is 0 Å². The summed E-state index contributed by atoms with van der Waals surface area (Å²) >= 11 is 0. The Bertz CT molecular complexity index is 534. The summed E-state index contributed by atoms with van der Waals surface area (Å²) in [4.78, 5) is 13.6. The van der Waals surface area contributed by atoms with E-state index < -0.39 is 17.2 Å². The minimum Gasteiger partial charge on any atom is -0.508 e. The second-order valence-corrected chi connectivity index (χ2v) is 5.94. The molecule has 0 amide bonds. The number of halogens is 1. The highest BCUT2D eigenvalue weighted by Gasteiger charge is 2.45. The Hall–Kier alpha value is -1.62. The predicted molar refractivity (Wildman–Crippen MR) is 77.6 cm³/mol. The molecule has 1 heterocycles. The van der Waals surface area contributed by atoms with Gasteiger partial charge in [-0.25, -0.2) is 4.39 Å². The van der Waals surface area contributed by atoms with Crippen LogP contribution in [0.3, 0.4) is 0 Å². The number of carbonyl (C=O) groups is 1. The van der Waals surface area contributed by atoms with E-state index in [1.807, 2.05) is 18.7 Å². The first-order valence-electron chi connectivity index (χ1n) is 7.35. The van der Waals surface area contributed by atoms with Crippen molar-refractivity contribution in [3.8, 4) is 5.75 Å². The van der Waals surface area contributed by atoms with Crippen molar-refractivity contribution in [1.82, 2.24) is 4.90 Å². The molecule has 21 heavy (non-hydrogen) atoms. The summed E-state index contributed by atoms with van der Waals surface area (Å²) in [6, 6.07) is 3.92. The van der Waals surface area contributed by atoms with Gasteiger partial charge in [0.05, 0.1) is 5.41 Å². The first-order chi connectivity index (χ1) is 9.89. The summed E-state index contributed by atoms with van der Waals surface area (Å²) in [5, 5.41) is 18.8. The average molecular weight is 295 g/mol. The molecule has 1 aliphatic rings. The van der Waals surface area contributed by atoms with E-state index >= 15 is 0 Å². The minimum absolute atomic E-state index is 0.101. The molecule has 1 aromatic rings. The first-order valence-corrected chi connectivity index (χ1v) is 7.35. The maximum atomic E-state index is 14.0. The van der Waals surface area contributed by atoms with Gasteiger partial charge >= 0.3 is 5.97 Å². The SMILES string of the molecule is CCCC1(C(=O)O)CCN(C(C)c2ccc(O)cc2F)C1. The molecular weight excluding hydrogens is 273 g/mol. The first kappa shape index (κ1) is 15.8. The van der Waals surface area contributed by atoms with Crippen molar-refractivity contribution in [1.29, 1.82) is 0 Å². The number of phenolic OH excluding ortho intramolecular Hbond substituents is 1. The van der Waals surface area contributed by atoms with E-state index in [1.54, 1.807) is 6.07 Å². The number of aromatic hydroxyl groups is 1. The maximum absolute atomic E-state index is 14.0. The van der Waals surface area contributed by atoms with Crippen LogP contribution in [0.1, 0.15) is 44.7 Å². The molecule has 4 nitrogen and oxygen atoms in total. The zero-order valence-corrected chi connectivity index (χ0v) is 12.5. The molecule has 5 heteroatoms. The third-order valence-electron chi connectivity index (χ3n) is 4.55. The van der Waals surface area contributed by atoms with E-state index in [0.29, 0.717) is 31.5 Å². The lowest BCUT2D eigenvalue weighted by Crippen LogP contribution is -2.35. The monoisotopic (exact) mass is 295 g/mol. The lowest BCUT2D eigenvalue weighted by Gasteiger charge is -2.28. The van der Waals surface area contributed by atoms with Crippen LogP contribution in [0.4, 0.5) is 4.39 Å². The van der Waals surface area contributed by atoms with Gasteiger partial charge in [0.25, 0.3) is 0 Å². The predicted octanol–water partition coefficient (Wildman–Crippen LogP) is 3.17. The Morgan fingerprint density at radius 1 is 1.52 bits per heavy atom. The van der Waals surface area contributed by atoms with Crippen LogP contribution in [0, 0.1) is 11.2 Å². The number of aliphatic carboxylic acids is 1. The summed E-state index contributed by atoms with van der Waals surface area (Å²) in [7, 11) is 0. The smallest absolute Gasteiger partial charge is 0.310 e. The van der Waals surface area contributed by atoms with E-state index in [1.165, 1.54) is 6.07 Å². The van der Waals surface area contributed by atoms with Crippen LogP contribution in [-0.2, 0) is 4.79 Å². The number of rotatable bonds is 5. The Balaban J connectivity index is 2.18. The molecule has 2 rings (SSSR count). The van der Waals surface area contributed by atoms with Gasteiger partial charge in [-0.3, -0.25) is 9.69 Å². The van der Waals surface area contributed by atoms with E-state index in [-0.39, 0.29) is 11.8 Å². The molecule has 2 atom stereocenters. The number of phenols is 1. The zero-order valence-electron chi connectivity index (χ0n) is 12.5. The number of nitrogens with zero attached hydrogens (tertiary/aromatic N) is 1. The Labute approximate surface area is 124 Å². The maximum Gasteiger partial charge on any atom is 0.310 e. The molecule has 1 aliphatic heterocycles. The zero-order chi connectivity index (χ0) is 15.6. The molecule has 0 saturated carbocycles. The Morgan fingerprint density at radius 2 is 2.24 bits per heavy atom. The second kappa shape index (κ2) is 6.02. The van der Waals surface area contributed by atoms with Crippen molar-refractivity contribution >= 4 is 5.97 Å². The highest BCUT2D eigenvalue weighted by atomic mass is 19.1. The summed E-state index contributed by atoms with van der Waals surface area (Å²) < 4.78 is 14.0. The summed E-state index contributed by atoms with van der Waals surface area (Å²) in [5.41, 5.74) is -0.221. The summed E-state index contributed by atoms with van der Waals surface area (Å²) in [6.45, 7) is 4.95. The fourth-order valence-electron chi connectivity index (χ4n) is 3.25. The van der Waals surface area contributed by atoms with Crippen molar-refractivity contribution in [3.05, 3.63) is 29.6 Å². The second-order valence-electron chi connectivity index (χ2n) is 5.94. The Morgan fingerprint density at radius 3 is 2.81 bits per heavy atom. The van der Waals surface area contributed by atoms with Crippen molar-refractivity contribution in [2.24, 2.45) is 5.41 Å². The van der Waals surface area contributed by atoms with Crippen LogP contribution in [0.5, 0.6) is 5.75 Å². The van der Waals surface area contributed by atoms with Gasteiger partial charge in [0, 0.05) is 24.2 Å². The van der Waals surface area contributed by atoms with E-state index in [0.717, 1.165) is 12.5 Å². The Kier molecular flexibility index (Phi) is 4.52. The van der Waals surface area contributed by atoms with E-state index in [2.05, 4.69) is 0 Å². The van der Waals surface area contributed by atoms with Gasteiger partial charge < -0.3 is 10.2 Å². The summed E-state index contributed by atoms with van der Waals surface area (Å²) in [6.07, 6.45) is 2.06. The molecule has 0 aromatic heterocycles. The molecule has 2 N–H and O–H groups in total. The van der Waals surface area contributed by atoms with Gasteiger partial charge in [-0.15, -0.1) is 0 Å². The topological polar surface area (TPSA) is 60.8 Å². The molecule has 0 aliphatic carbocycles. The fourth-order valence-corrected chi connectivity index (χ4v) is 3.25. The van der Waals surface area contributed by atoms with Gasteiger partial charge in [-0.1, -0.05) is 19.4 Å². The average Bonchev–Trinajstić information content (AvgIpc) is 2.84. The highest BCUT2D eigenvalue weighted by Crippen LogP contribution is 2.39. The molecule has 0 radical (unpaired) electrons. The lowest BCUT2D eigenvalue weighted by molar-refractivity contribution is -0.148. The molecule has 1 fully saturated rings. The third-order valence-corrected chi connectivity index (χ3v) is 4.55. The van der Waals surface area contributed by atoms with Crippen molar-refractivity contribution in [2.45, 2.75) is 39.2 Å². The third kappa shape index (κ3) is 3.02. The number of carboxylic acid groups (broad SMARTS) is 1. The quantitative estimate of drug-likeness (QED) is 0.876. The van der Waals surface area contributed by atoms with Crippen LogP contribution in [0.25, 0.3) is 0 Å². The van der Waals surface area contributed by atoms with E-state index in [4.69, 9.17) is 0 Å². The molecule has 2 unspecified atom stereocenters. The largest absolute Gasteiger partial charge is 0.508 e. The highest BCUT2D eigenvalue weighted by molar-refractivity contribution is 5.75. The number of likely N-dealkylation sites (tertiary alicyclic amines) is 1. The molecule has 0 spiro atoms. The van der Waals surface area contributed by atoms with Gasteiger partial charge in [-0.05, 0) is 32.4 Å². The van der Waals surface area contributed by atoms with Gasteiger partial charge in [0.15, 0.2) is 0 Å². The summed E-state index contributed by atoms with van der Waals surface area (Å²) in [5.74, 6) is -1.31. The van der Waals surface area contributed by atoms with Crippen molar-refractivity contribution in [2.75, 3.05) is 13.1 Å².